The Bertz CT molecular complexity index is 434. The number of hydrogen-bond acceptors (Lipinski definition) is 2. The molecule has 0 spiro atoms. The number of benzene rings is 1. The molecule has 1 aromatic carbocycles. The molecule has 1 aromatic rings. The van der Waals surface area contributed by atoms with Gasteiger partial charge in [-0.05, 0) is 36.5 Å². The van der Waals surface area contributed by atoms with Crippen LogP contribution in [0.1, 0.15) is 33.1 Å². The van der Waals surface area contributed by atoms with Crippen molar-refractivity contribution in [3.05, 3.63) is 29.8 Å². The third-order valence-corrected chi connectivity index (χ3v) is 5.15. The third-order valence-electron chi connectivity index (χ3n) is 3.79. The Morgan fingerprint density at radius 1 is 1.28 bits per heavy atom. The van der Waals surface area contributed by atoms with E-state index in [4.69, 9.17) is 5.73 Å². The summed E-state index contributed by atoms with van der Waals surface area (Å²) in [5, 5.41) is 0.276. The lowest BCUT2D eigenvalue weighted by molar-refractivity contribution is 0.208. The quantitative estimate of drug-likeness (QED) is 0.881. The normalized spacial score (nSPS) is 27.2. The predicted molar refractivity (Wildman–Crippen MR) is 71.6 cm³/mol. The summed E-state index contributed by atoms with van der Waals surface area (Å²) < 4.78 is 26.0. The Morgan fingerprint density at radius 3 is 2.67 bits per heavy atom. The zero-order valence-electron chi connectivity index (χ0n) is 10.7. The van der Waals surface area contributed by atoms with Gasteiger partial charge in [-0.2, -0.15) is 0 Å². The van der Waals surface area contributed by atoms with Crippen molar-refractivity contribution in [1.29, 1.82) is 0 Å². The molecule has 0 aromatic heterocycles. The van der Waals surface area contributed by atoms with Crippen molar-refractivity contribution in [2.24, 2.45) is 11.1 Å². The van der Waals surface area contributed by atoms with Crippen LogP contribution in [0.4, 0.5) is 8.78 Å². The van der Waals surface area contributed by atoms with Crippen LogP contribution in [0, 0.1) is 17.0 Å². The summed E-state index contributed by atoms with van der Waals surface area (Å²) in [4.78, 5) is 0.757. The second kappa shape index (κ2) is 5.17. The van der Waals surface area contributed by atoms with Crippen LogP contribution in [-0.2, 0) is 0 Å². The molecule has 4 heteroatoms. The Morgan fingerprint density at radius 2 is 2.00 bits per heavy atom. The fraction of sp³-hybridized carbons (Fsp3) is 0.571. The molecule has 0 aliphatic heterocycles. The smallest absolute Gasteiger partial charge is 0.159 e. The first kappa shape index (κ1) is 13.8. The van der Waals surface area contributed by atoms with E-state index in [1.54, 1.807) is 17.8 Å². The molecule has 1 saturated carbocycles. The van der Waals surface area contributed by atoms with Gasteiger partial charge in [0.15, 0.2) is 11.6 Å². The molecule has 2 unspecified atom stereocenters. The average Bonchev–Trinajstić information content (AvgIpc) is 2.30. The molecule has 2 N–H and O–H groups in total. The topological polar surface area (TPSA) is 26.0 Å². The number of thioether (sulfide) groups is 1. The van der Waals surface area contributed by atoms with E-state index in [2.05, 4.69) is 13.8 Å². The minimum atomic E-state index is -0.798. The van der Waals surface area contributed by atoms with Crippen LogP contribution in [0.2, 0.25) is 0 Å². The Hall–Kier alpha value is -0.610. The molecule has 0 amide bonds. The van der Waals surface area contributed by atoms with Crippen LogP contribution in [0.25, 0.3) is 0 Å². The van der Waals surface area contributed by atoms with E-state index < -0.39 is 11.6 Å². The van der Waals surface area contributed by atoms with Gasteiger partial charge in [0.05, 0.1) is 0 Å². The molecule has 1 fully saturated rings. The van der Waals surface area contributed by atoms with Crippen molar-refractivity contribution < 1.29 is 8.78 Å². The van der Waals surface area contributed by atoms with Crippen molar-refractivity contribution in [2.45, 2.75) is 49.3 Å². The van der Waals surface area contributed by atoms with Crippen molar-refractivity contribution >= 4 is 11.8 Å². The Kier molecular flexibility index (Phi) is 3.97. The van der Waals surface area contributed by atoms with E-state index >= 15 is 0 Å². The van der Waals surface area contributed by atoms with E-state index in [-0.39, 0.29) is 16.7 Å². The lowest BCUT2D eigenvalue weighted by Gasteiger charge is -2.41. The molecule has 0 radical (unpaired) electrons. The fourth-order valence-electron chi connectivity index (χ4n) is 2.47. The van der Waals surface area contributed by atoms with Crippen molar-refractivity contribution in [1.82, 2.24) is 0 Å². The number of rotatable bonds is 2. The Labute approximate surface area is 111 Å². The van der Waals surface area contributed by atoms with Gasteiger partial charge in [0.25, 0.3) is 0 Å². The highest BCUT2D eigenvalue weighted by Gasteiger charge is 2.36. The third kappa shape index (κ3) is 2.86. The summed E-state index contributed by atoms with van der Waals surface area (Å²) in [7, 11) is 0. The van der Waals surface area contributed by atoms with E-state index in [0.29, 0.717) is 0 Å². The molecule has 1 aliphatic carbocycles. The molecule has 18 heavy (non-hydrogen) atoms. The number of nitrogens with two attached hydrogens (primary N) is 1. The summed E-state index contributed by atoms with van der Waals surface area (Å²) in [5.41, 5.74) is 6.40. The molecular formula is C14H19F2NS. The summed E-state index contributed by atoms with van der Waals surface area (Å²) in [6.45, 7) is 4.35. The van der Waals surface area contributed by atoms with Crippen molar-refractivity contribution in [2.75, 3.05) is 0 Å². The first-order chi connectivity index (χ1) is 8.40. The number of halogens is 2. The maximum Gasteiger partial charge on any atom is 0.159 e. The monoisotopic (exact) mass is 271 g/mol. The summed E-state index contributed by atoms with van der Waals surface area (Å²) >= 11 is 1.57. The highest BCUT2D eigenvalue weighted by molar-refractivity contribution is 8.00. The van der Waals surface area contributed by atoms with Gasteiger partial charge in [0, 0.05) is 16.2 Å². The second-order valence-electron chi connectivity index (χ2n) is 5.64. The number of hydrogen-bond donors (Lipinski definition) is 1. The highest BCUT2D eigenvalue weighted by atomic mass is 32.2. The summed E-state index contributed by atoms with van der Waals surface area (Å²) in [5.74, 6) is -1.59. The second-order valence-corrected chi connectivity index (χ2v) is 6.95. The van der Waals surface area contributed by atoms with E-state index in [1.165, 1.54) is 12.1 Å². The molecule has 1 aliphatic rings. The van der Waals surface area contributed by atoms with Gasteiger partial charge < -0.3 is 5.73 Å². The zero-order valence-corrected chi connectivity index (χ0v) is 11.6. The van der Waals surface area contributed by atoms with Gasteiger partial charge in [-0.15, -0.1) is 11.8 Å². The molecule has 0 heterocycles. The molecule has 1 nitrogen and oxygen atoms in total. The maximum atomic E-state index is 13.2. The zero-order chi connectivity index (χ0) is 13.3. The first-order valence-corrected chi connectivity index (χ1v) is 7.15. The average molecular weight is 271 g/mol. The van der Waals surface area contributed by atoms with E-state index in [1.807, 2.05) is 0 Å². The van der Waals surface area contributed by atoms with Gasteiger partial charge >= 0.3 is 0 Å². The van der Waals surface area contributed by atoms with Crippen LogP contribution in [-0.4, -0.2) is 11.3 Å². The van der Waals surface area contributed by atoms with Crippen LogP contribution < -0.4 is 5.73 Å². The van der Waals surface area contributed by atoms with Crippen LogP contribution >= 0.6 is 11.8 Å². The van der Waals surface area contributed by atoms with Crippen LogP contribution in [0.3, 0.4) is 0 Å². The largest absolute Gasteiger partial charge is 0.326 e. The predicted octanol–water partition coefficient (Wildman–Crippen LogP) is 3.96. The summed E-state index contributed by atoms with van der Waals surface area (Å²) in [6, 6.07) is 4.15. The van der Waals surface area contributed by atoms with E-state index in [0.717, 1.165) is 24.2 Å². The van der Waals surface area contributed by atoms with Crippen LogP contribution in [0.15, 0.2) is 23.1 Å². The molecule has 2 atom stereocenters. The van der Waals surface area contributed by atoms with Gasteiger partial charge in [-0.3, -0.25) is 0 Å². The lowest BCUT2D eigenvalue weighted by Crippen LogP contribution is -2.48. The molecule has 2 rings (SSSR count). The highest BCUT2D eigenvalue weighted by Crippen LogP contribution is 2.41. The van der Waals surface area contributed by atoms with Gasteiger partial charge in [0.2, 0.25) is 0 Å². The standard InChI is InChI=1S/C14H19F2NS/c1-14(2)7-3-4-12(13(14)17)18-9-5-6-10(15)11(16)8-9/h5-6,8,12-13H,3-4,7,17H2,1-2H3. The van der Waals surface area contributed by atoms with Gasteiger partial charge in [-0.1, -0.05) is 20.3 Å². The molecular weight excluding hydrogens is 252 g/mol. The van der Waals surface area contributed by atoms with Crippen molar-refractivity contribution in [3.8, 4) is 0 Å². The molecule has 100 valence electrons. The van der Waals surface area contributed by atoms with Crippen molar-refractivity contribution in [3.63, 3.8) is 0 Å². The first-order valence-electron chi connectivity index (χ1n) is 6.27. The maximum absolute atomic E-state index is 13.2. The van der Waals surface area contributed by atoms with Gasteiger partial charge in [-0.25, -0.2) is 8.78 Å². The molecule has 0 saturated heterocycles. The van der Waals surface area contributed by atoms with Gasteiger partial charge in [0.1, 0.15) is 0 Å². The Balaban J connectivity index is 2.11. The fourth-order valence-corrected chi connectivity index (χ4v) is 3.93. The van der Waals surface area contributed by atoms with E-state index in [9.17, 15) is 8.78 Å². The lowest BCUT2D eigenvalue weighted by atomic mass is 9.73. The SMILES string of the molecule is CC1(C)CCCC(Sc2ccc(F)c(F)c2)C1N. The minimum absolute atomic E-state index is 0.0874. The molecule has 0 bridgehead atoms. The summed E-state index contributed by atoms with van der Waals surface area (Å²) in [6.07, 6.45) is 3.30. The van der Waals surface area contributed by atoms with Crippen LogP contribution in [0.5, 0.6) is 0 Å². The minimum Gasteiger partial charge on any atom is -0.326 e.